The van der Waals surface area contributed by atoms with Crippen LogP contribution in [0.1, 0.15) is 58.2 Å². The van der Waals surface area contributed by atoms with Gasteiger partial charge in [-0.3, -0.25) is 4.98 Å². The second kappa shape index (κ2) is 7.28. The number of aromatic nitrogens is 3. The van der Waals surface area contributed by atoms with E-state index >= 15 is 0 Å². The molecule has 0 aliphatic rings. The zero-order valence-corrected chi connectivity index (χ0v) is 21.4. The Hall–Kier alpha value is -2.94. The molecule has 0 N–H and O–H groups in total. The Labute approximate surface area is 197 Å². The number of pyridine rings is 2. The van der Waals surface area contributed by atoms with Crippen molar-refractivity contribution in [2.75, 3.05) is 0 Å². The summed E-state index contributed by atoms with van der Waals surface area (Å²) < 4.78 is 4.87. The molecule has 0 spiro atoms. The van der Waals surface area contributed by atoms with Gasteiger partial charge in [-0.15, -0.1) is 0 Å². The first-order valence-corrected chi connectivity index (χ1v) is 12.1. The molecule has 33 heavy (non-hydrogen) atoms. The summed E-state index contributed by atoms with van der Waals surface area (Å²) in [6, 6.07) is 15.9. The Bertz CT molecular complexity index is 1540. The van der Waals surface area contributed by atoms with E-state index in [1.165, 1.54) is 49.7 Å². The summed E-state index contributed by atoms with van der Waals surface area (Å²) in [5, 5.41) is 2.49. The molecule has 3 heterocycles. The van der Waals surface area contributed by atoms with E-state index in [2.05, 4.69) is 107 Å². The molecular formula is C30H36N3+. The van der Waals surface area contributed by atoms with Crippen molar-refractivity contribution >= 4 is 38.5 Å². The number of rotatable bonds is 2. The van der Waals surface area contributed by atoms with Crippen LogP contribution >= 0.6 is 0 Å². The number of nitrogens with zero attached hydrogens (tertiary/aromatic N) is 3. The second-order valence-corrected chi connectivity index (χ2v) is 12.2. The number of para-hydroxylation sites is 1. The summed E-state index contributed by atoms with van der Waals surface area (Å²) >= 11 is 0. The topological polar surface area (TPSA) is 21.2 Å². The monoisotopic (exact) mass is 438 g/mol. The maximum absolute atomic E-state index is 4.92. The van der Waals surface area contributed by atoms with E-state index in [0.29, 0.717) is 0 Å². The van der Waals surface area contributed by atoms with Crippen molar-refractivity contribution in [3.63, 3.8) is 0 Å². The van der Waals surface area contributed by atoms with Gasteiger partial charge in [-0.25, -0.2) is 4.57 Å². The van der Waals surface area contributed by atoms with Gasteiger partial charge in [0.25, 0.3) is 5.65 Å². The van der Waals surface area contributed by atoms with Gasteiger partial charge in [0.1, 0.15) is 5.52 Å². The number of hydrogen-bond donors (Lipinski definition) is 0. The minimum atomic E-state index is 0.209. The lowest BCUT2D eigenvalue weighted by Gasteiger charge is -2.19. The third kappa shape index (κ3) is 3.68. The van der Waals surface area contributed by atoms with Gasteiger partial charge in [0.15, 0.2) is 11.0 Å². The van der Waals surface area contributed by atoms with Gasteiger partial charge in [0.05, 0.1) is 18.0 Å². The van der Waals surface area contributed by atoms with Crippen LogP contribution in [0, 0.1) is 17.8 Å². The molecule has 0 fully saturated rings. The molecule has 0 aliphatic heterocycles. The molecule has 0 atom stereocenters. The molecule has 170 valence electrons. The van der Waals surface area contributed by atoms with Crippen LogP contribution in [0.15, 0.2) is 48.7 Å². The summed E-state index contributed by atoms with van der Waals surface area (Å²) in [6.07, 6.45) is 4.03. The summed E-state index contributed by atoms with van der Waals surface area (Å²) in [4.78, 5) is 4.92. The van der Waals surface area contributed by atoms with Crippen molar-refractivity contribution < 1.29 is 4.57 Å². The Morgan fingerprint density at radius 2 is 1.64 bits per heavy atom. The Kier molecular flexibility index (Phi) is 4.83. The molecule has 5 aromatic rings. The van der Waals surface area contributed by atoms with Crippen molar-refractivity contribution in [2.24, 2.45) is 17.9 Å². The van der Waals surface area contributed by atoms with Gasteiger partial charge in [-0.1, -0.05) is 59.7 Å². The lowest BCUT2D eigenvalue weighted by Crippen LogP contribution is -2.27. The average Bonchev–Trinajstić information content (AvgIpc) is 3.00. The molecule has 5 rings (SSSR count). The van der Waals surface area contributed by atoms with Gasteiger partial charge in [0, 0.05) is 17.1 Å². The van der Waals surface area contributed by atoms with Gasteiger partial charge in [-0.05, 0) is 66.0 Å². The van der Waals surface area contributed by atoms with Crippen LogP contribution in [0.5, 0.6) is 0 Å². The maximum Gasteiger partial charge on any atom is 0.297 e. The highest BCUT2D eigenvalue weighted by atomic mass is 15.1. The Balaban J connectivity index is 2.01. The van der Waals surface area contributed by atoms with Crippen LogP contribution in [0.4, 0.5) is 0 Å². The van der Waals surface area contributed by atoms with Crippen LogP contribution in [0.2, 0.25) is 0 Å². The Morgan fingerprint density at radius 1 is 0.909 bits per heavy atom. The minimum Gasteiger partial charge on any atom is -0.255 e. The highest BCUT2D eigenvalue weighted by Gasteiger charge is 2.28. The molecule has 3 heteroatoms. The maximum atomic E-state index is 4.92. The van der Waals surface area contributed by atoms with E-state index in [9.17, 15) is 0 Å². The predicted molar refractivity (Wildman–Crippen MR) is 140 cm³/mol. The van der Waals surface area contributed by atoms with Crippen molar-refractivity contribution in [1.29, 1.82) is 0 Å². The van der Waals surface area contributed by atoms with Crippen LogP contribution in [-0.2, 0) is 19.9 Å². The third-order valence-electron chi connectivity index (χ3n) is 6.61. The largest absolute Gasteiger partial charge is 0.297 e. The Morgan fingerprint density at radius 3 is 2.33 bits per heavy atom. The molecule has 0 radical (unpaired) electrons. The van der Waals surface area contributed by atoms with E-state index in [1.54, 1.807) is 0 Å². The molecule has 0 bridgehead atoms. The molecule has 0 saturated carbocycles. The fourth-order valence-corrected chi connectivity index (χ4v) is 5.44. The van der Waals surface area contributed by atoms with E-state index < -0.39 is 0 Å². The quantitative estimate of drug-likeness (QED) is 0.213. The zero-order valence-electron chi connectivity index (χ0n) is 21.4. The third-order valence-corrected chi connectivity index (χ3v) is 6.61. The average molecular weight is 439 g/mol. The number of aryl methyl sites for hydroxylation is 2. The first kappa shape index (κ1) is 21.9. The molecule has 0 aliphatic carbocycles. The summed E-state index contributed by atoms with van der Waals surface area (Å²) in [7, 11) is 2.20. The second-order valence-electron chi connectivity index (χ2n) is 12.2. The highest BCUT2D eigenvalue weighted by molar-refractivity contribution is 6.12. The van der Waals surface area contributed by atoms with E-state index in [0.717, 1.165) is 18.4 Å². The van der Waals surface area contributed by atoms with E-state index in [-0.39, 0.29) is 10.8 Å². The van der Waals surface area contributed by atoms with Crippen molar-refractivity contribution in [2.45, 2.75) is 61.3 Å². The van der Waals surface area contributed by atoms with Gasteiger partial charge < -0.3 is 0 Å². The van der Waals surface area contributed by atoms with Crippen LogP contribution in [-0.4, -0.2) is 9.38 Å². The van der Waals surface area contributed by atoms with Crippen molar-refractivity contribution in [3.05, 3.63) is 65.4 Å². The molecule has 0 unspecified atom stereocenters. The molecule has 0 saturated heterocycles. The molecule has 2 aromatic carbocycles. The zero-order chi connectivity index (χ0) is 23.7. The SMILES string of the molecule is Cc1ccnc2c3cc(CC(C)(C)C)ccc3n3c4c(CC(C)(C)C)cccc4[n+](C)c3c12. The van der Waals surface area contributed by atoms with Crippen molar-refractivity contribution in [3.8, 4) is 0 Å². The van der Waals surface area contributed by atoms with Gasteiger partial charge >= 0.3 is 0 Å². The summed E-state index contributed by atoms with van der Waals surface area (Å²) in [5.41, 5.74) is 10.6. The van der Waals surface area contributed by atoms with Crippen LogP contribution in [0.3, 0.4) is 0 Å². The normalized spacial score (nSPS) is 13.1. The van der Waals surface area contributed by atoms with E-state index in [4.69, 9.17) is 4.98 Å². The summed E-state index contributed by atoms with van der Waals surface area (Å²) in [6.45, 7) is 16.1. The number of hydrogen-bond acceptors (Lipinski definition) is 1. The van der Waals surface area contributed by atoms with Gasteiger partial charge in [0.2, 0.25) is 0 Å². The smallest absolute Gasteiger partial charge is 0.255 e. The lowest BCUT2D eigenvalue weighted by atomic mass is 9.87. The van der Waals surface area contributed by atoms with Crippen LogP contribution < -0.4 is 4.57 Å². The van der Waals surface area contributed by atoms with Gasteiger partial charge in [-0.2, -0.15) is 4.40 Å². The fraction of sp³-hybridized carbons (Fsp3) is 0.400. The first-order chi connectivity index (χ1) is 15.4. The molecule has 0 amide bonds. The molecule has 3 aromatic heterocycles. The molecule has 3 nitrogen and oxygen atoms in total. The number of benzene rings is 2. The first-order valence-electron chi connectivity index (χ1n) is 12.1. The van der Waals surface area contributed by atoms with E-state index in [1.807, 2.05) is 6.20 Å². The van der Waals surface area contributed by atoms with Crippen LogP contribution in [0.25, 0.3) is 38.5 Å². The lowest BCUT2D eigenvalue weighted by molar-refractivity contribution is -0.617. The molecular weight excluding hydrogens is 402 g/mol. The van der Waals surface area contributed by atoms with Crippen molar-refractivity contribution in [1.82, 2.24) is 9.38 Å². The summed E-state index contributed by atoms with van der Waals surface area (Å²) in [5.74, 6) is 0. The number of imidazole rings is 1. The minimum absolute atomic E-state index is 0.209. The standard InChI is InChI=1S/C30H36N3/c1-19-14-15-31-26-22-16-20(17-29(2,3)4)12-13-23(22)33-27-21(18-30(5,6)7)10-9-11-24(27)32(8)28(33)25(19)26/h9-16H,17-18H2,1-8H3/q+1. The predicted octanol–water partition coefficient (Wildman–Crippen LogP) is 7.10. The fourth-order valence-electron chi connectivity index (χ4n) is 5.44. The highest BCUT2D eigenvalue weighted by Crippen LogP contribution is 2.35. The number of fused-ring (bicyclic) bond motifs is 8.